The van der Waals surface area contributed by atoms with Gasteiger partial charge < -0.3 is 15.0 Å². The summed E-state index contributed by atoms with van der Waals surface area (Å²) in [5.74, 6) is 0.0455. The van der Waals surface area contributed by atoms with Crippen LogP contribution in [0.25, 0.3) is 10.9 Å². The second kappa shape index (κ2) is 9.35. The largest absolute Gasteiger partial charge is 0.464 e. The third kappa shape index (κ3) is 4.97. The molecule has 1 saturated heterocycles. The van der Waals surface area contributed by atoms with Crippen LogP contribution in [0, 0.1) is 12.8 Å². The number of ether oxygens (including phenoxy) is 1. The number of H-pyrrole nitrogens is 1. The molecule has 162 valence electrons. The van der Waals surface area contributed by atoms with Gasteiger partial charge >= 0.3 is 5.97 Å². The molecule has 0 unspecified atom stereocenters. The summed E-state index contributed by atoms with van der Waals surface area (Å²) in [7, 11) is 1.34. The Bertz CT molecular complexity index is 1070. The molecule has 6 nitrogen and oxygen atoms in total. The van der Waals surface area contributed by atoms with E-state index in [1.54, 1.807) is 0 Å². The van der Waals surface area contributed by atoms with E-state index < -0.39 is 5.97 Å². The van der Waals surface area contributed by atoms with Gasteiger partial charge in [0, 0.05) is 10.9 Å². The Morgan fingerprint density at radius 3 is 2.58 bits per heavy atom. The summed E-state index contributed by atoms with van der Waals surface area (Å²) in [6, 6.07) is 16.4. The fourth-order valence-corrected chi connectivity index (χ4v) is 4.37. The zero-order valence-electron chi connectivity index (χ0n) is 18.1. The Morgan fingerprint density at radius 1 is 1.13 bits per heavy atom. The second-order valence-electron chi connectivity index (χ2n) is 8.37. The van der Waals surface area contributed by atoms with Gasteiger partial charge in [-0.1, -0.05) is 42.0 Å². The summed E-state index contributed by atoms with van der Waals surface area (Å²) in [6.45, 7) is 4.11. The highest BCUT2D eigenvalue weighted by molar-refractivity contribution is 6.11. The Hall–Kier alpha value is -3.12. The smallest absolute Gasteiger partial charge is 0.356 e. The van der Waals surface area contributed by atoms with Crippen molar-refractivity contribution in [2.45, 2.75) is 26.2 Å². The van der Waals surface area contributed by atoms with Crippen molar-refractivity contribution in [3.8, 4) is 0 Å². The number of aromatic nitrogens is 1. The first-order chi connectivity index (χ1) is 15.0. The van der Waals surface area contributed by atoms with Crippen molar-refractivity contribution in [1.29, 1.82) is 0 Å². The van der Waals surface area contributed by atoms with Gasteiger partial charge in [0.1, 0.15) is 5.69 Å². The van der Waals surface area contributed by atoms with Crippen LogP contribution >= 0.6 is 0 Å². The third-order valence-electron chi connectivity index (χ3n) is 6.05. The van der Waals surface area contributed by atoms with Gasteiger partial charge in [-0.3, -0.25) is 9.69 Å². The number of hydrogen-bond donors (Lipinski definition) is 2. The topological polar surface area (TPSA) is 74.4 Å². The van der Waals surface area contributed by atoms with E-state index in [0.29, 0.717) is 18.2 Å². The average molecular weight is 420 g/mol. The number of aromatic amines is 1. The summed E-state index contributed by atoms with van der Waals surface area (Å²) >= 11 is 0. The van der Waals surface area contributed by atoms with E-state index in [9.17, 15) is 9.59 Å². The van der Waals surface area contributed by atoms with E-state index in [1.807, 2.05) is 31.2 Å². The predicted molar refractivity (Wildman–Crippen MR) is 122 cm³/mol. The van der Waals surface area contributed by atoms with Crippen LogP contribution in [-0.2, 0) is 16.0 Å². The molecule has 0 radical (unpaired) electrons. The molecule has 1 aliphatic heterocycles. The Kier molecular flexibility index (Phi) is 6.37. The maximum Gasteiger partial charge on any atom is 0.356 e. The first kappa shape index (κ1) is 21.1. The number of methoxy groups -OCH3 is 1. The van der Waals surface area contributed by atoms with Gasteiger partial charge in [-0.25, -0.2) is 4.79 Å². The fraction of sp³-hybridized carbons (Fsp3) is 0.360. The Balaban J connectivity index is 1.39. The van der Waals surface area contributed by atoms with E-state index in [2.05, 4.69) is 39.5 Å². The quantitative estimate of drug-likeness (QED) is 0.589. The van der Waals surface area contributed by atoms with Gasteiger partial charge in [0.05, 0.1) is 19.3 Å². The number of esters is 1. The van der Waals surface area contributed by atoms with Gasteiger partial charge in [0.15, 0.2) is 0 Å². The van der Waals surface area contributed by atoms with E-state index >= 15 is 0 Å². The number of anilines is 1. The highest BCUT2D eigenvalue weighted by Crippen LogP contribution is 2.29. The molecule has 31 heavy (non-hydrogen) atoms. The zero-order chi connectivity index (χ0) is 21.8. The van der Waals surface area contributed by atoms with E-state index in [0.717, 1.165) is 48.8 Å². The van der Waals surface area contributed by atoms with Crippen LogP contribution in [0.3, 0.4) is 0 Å². The predicted octanol–water partition coefficient (Wildman–Crippen LogP) is 4.16. The normalized spacial score (nSPS) is 15.2. The van der Waals surface area contributed by atoms with Gasteiger partial charge in [0.2, 0.25) is 5.91 Å². The molecule has 1 aromatic heterocycles. The summed E-state index contributed by atoms with van der Waals surface area (Å²) in [4.78, 5) is 30.3. The number of aryl methyl sites for hydroxylation is 1. The van der Waals surface area contributed by atoms with Crippen LogP contribution in [0.2, 0.25) is 0 Å². The minimum absolute atomic E-state index is 0.117. The molecule has 0 bridgehead atoms. The van der Waals surface area contributed by atoms with E-state index in [-0.39, 0.29) is 11.6 Å². The average Bonchev–Trinajstić information content (AvgIpc) is 3.12. The number of nitrogens with zero attached hydrogens (tertiary/aromatic N) is 1. The van der Waals surface area contributed by atoms with E-state index in [4.69, 9.17) is 4.74 Å². The molecule has 2 aromatic carbocycles. The van der Waals surface area contributed by atoms with Crippen molar-refractivity contribution >= 4 is 28.5 Å². The Labute approximate surface area is 182 Å². The van der Waals surface area contributed by atoms with Crippen LogP contribution in [-0.4, -0.2) is 48.5 Å². The van der Waals surface area contributed by atoms with Crippen molar-refractivity contribution in [1.82, 2.24) is 9.88 Å². The van der Waals surface area contributed by atoms with Crippen LogP contribution in [0.1, 0.15) is 34.5 Å². The molecule has 4 rings (SSSR count). The standard InChI is InChI=1S/C25H29N3O3/c1-17-8-9-21-20(14-17)23(24(26-21)25(30)31-2)27-22(29)16-28-12-10-19(11-13-28)15-18-6-4-3-5-7-18/h3-9,14,19,26H,10-13,15-16H2,1-2H3,(H,27,29). The van der Waals surface area contributed by atoms with Crippen molar-refractivity contribution in [2.24, 2.45) is 5.92 Å². The number of nitrogens with one attached hydrogen (secondary N) is 2. The number of likely N-dealkylation sites (tertiary alicyclic amines) is 1. The maximum atomic E-state index is 12.8. The molecule has 2 N–H and O–H groups in total. The number of benzene rings is 2. The molecule has 0 spiro atoms. The molecule has 2 heterocycles. The SMILES string of the molecule is COC(=O)c1[nH]c2ccc(C)cc2c1NC(=O)CN1CCC(Cc2ccccc2)CC1. The Morgan fingerprint density at radius 2 is 1.87 bits per heavy atom. The molecule has 1 fully saturated rings. The van der Waals surface area contributed by atoms with Gasteiger partial charge in [0.25, 0.3) is 0 Å². The lowest BCUT2D eigenvalue weighted by molar-refractivity contribution is -0.117. The van der Waals surface area contributed by atoms with Gasteiger partial charge in [-0.15, -0.1) is 0 Å². The minimum Gasteiger partial charge on any atom is -0.464 e. The van der Waals surface area contributed by atoms with Crippen LogP contribution < -0.4 is 5.32 Å². The molecule has 0 atom stereocenters. The monoisotopic (exact) mass is 419 g/mol. The molecular formula is C25H29N3O3. The number of piperidine rings is 1. The molecule has 3 aromatic rings. The van der Waals surface area contributed by atoms with E-state index in [1.165, 1.54) is 12.7 Å². The molecule has 6 heteroatoms. The molecule has 0 saturated carbocycles. The van der Waals surface area contributed by atoms with Crippen LogP contribution in [0.15, 0.2) is 48.5 Å². The van der Waals surface area contributed by atoms with Gasteiger partial charge in [-0.2, -0.15) is 0 Å². The lowest BCUT2D eigenvalue weighted by atomic mass is 9.90. The summed E-state index contributed by atoms with van der Waals surface area (Å²) in [6.07, 6.45) is 3.27. The molecule has 1 amide bonds. The molecular weight excluding hydrogens is 390 g/mol. The lowest BCUT2D eigenvalue weighted by Gasteiger charge is -2.31. The van der Waals surface area contributed by atoms with Crippen molar-refractivity contribution < 1.29 is 14.3 Å². The molecule has 0 aliphatic carbocycles. The van der Waals surface area contributed by atoms with Crippen LogP contribution in [0.4, 0.5) is 5.69 Å². The number of amides is 1. The highest BCUT2D eigenvalue weighted by atomic mass is 16.5. The minimum atomic E-state index is -0.495. The number of rotatable bonds is 6. The van der Waals surface area contributed by atoms with Crippen LogP contribution in [0.5, 0.6) is 0 Å². The molecule has 1 aliphatic rings. The highest BCUT2D eigenvalue weighted by Gasteiger charge is 2.24. The van der Waals surface area contributed by atoms with Crippen molar-refractivity contribution in [3.05, 3.63) is 65.4 Å². The summed E-state index contributed by atoms with van der Waals surface area (Å²) in [5.41, 5.74) is 4.00. The number of carbonyl (C=O) groups excluding carboxylic acids is 2. The summed E-state index contributed by atoms with van der Waals surface area (Å²) in [5, 5.41) is 3.78. The lowest BCUT2D eigenvalue weighted by Crippen LogP contribution is -2.39. The number of carbonyl (C=O) groups is 2. The van der Waals surface area contributed by atoms with Gasteiger partial charge in [-0.05, 0) is 62.9 Å². The second-order valence-corrected chi connectivity index (χ2v) is 8.37. The van der Waals surface area contributed by atoms with Crippen molar-refractivity contribution in [3.63, 3.8) is 0 Å². The number of fused-ring (bicyclic) bond motifs is 1. The first-order valence-corrected chi connectivity index (χ1v) is 10.8. The first-order valence-electron chi connectivity index (χ1n) is 10.8. The fourth-order valence-electron chi connectivity index (χ4n) is 4.37. The summed E-state index contributed by atoms with van der Waals surface area (Å²) < 4.78 is 4.90. The van der Waals surface area contributed by atoms with Crippen molar-refractivity contribution in [2.75, 3.05) is 32.1 Å². The zero-order valence-corrected chi connectivity index (χ0v) is 18.1. The third-order valence-corrected chi connectivity index (χ3v) is 6.05. The maximum absolute atomic E-state index is 12.8. The number of hydrogen-bond acceptors (Lipinski definition) is 4.